The van der Waals surface area contributed by atoms with E-state index in [1.54, 1.807) is 23.1 Å². The predicted octanol–water partition coefficient (Wildman–Crippen LogP) is 4.29. The molecule has 0 spiro atoms. The number of hydrogen-bond acceptors (Lipinski definition) is 4. The lowest BCUT2D eigenvalue weighted by atomic mass is 10.1. The number of carbonyl (C=O) groups excluding carboxylic acids is 2. The minimum absolute atomic E-state index is 0.00388. The number of alkyl halides is 3. The number of carbonyl (C=O) groups is 2. The first kappa shape index (κ1) is 21.5. The first-order chi connectivity index (χ1) is 14.2. The largest absolute Gasteiger partial charge is 0.573 e. The number of nitrogens with one attached hydrogen (secondary N) is 1. The summed E-state index contributed by atoms with van der Waals surface area (Å²) in [6.07, 6.45) is -2.59. The van der Waals surface area contributed by atoms with Crippen LogP contribution in [0, 0.1) is 0 Å². The summed E-state index contributed by atoms with van der Waals surface area (Å²) in [5, 5.41) is 2.75. The summed E-state index contributed by atoms with van der Waals surface area (Å²) in [6, 6.07) is 10.1. The molecule has 1 N–H and O–H groups in total. The highest BCUT2D eigenvalue weighted by molar-refractivity contribution is 5.98. The van der Waals surface area contributed by atoms with E-state index in [1.165, 1.54) is 19.2 Å². The van der Waals surface area contributed by atoms with Gasteiger partial charge in [-0.1, -0.05) is 12.1 Å². The number of ether oxygens (including phenoxy) is 2. The quantitative estimate of drug-likeness (QED) is 0.754. The molecule has 0 aromatic heterocycles. The van der Waals surface area contributed by atoms with E-state index in [0.717, 1.165) is 25.0 Å². The molecule has 0 unspecified atom stereocenters. The van der Waals surface area contributed by atoms with Crippen molar-refractivity contribution in [1.29, 1.82) is 0 Å². The number of hydrogen-bond donors (Lipinski definition) is 1. The zero-order valence-corrected chi connectivity index (χ0v) is 16.3. The molecule has 2 amide bonds. The highest BCUT2D eigenvalue weighted by Gasteiger charge is 2.31. The third-order valence-corrected chi connectivity index (χ3v) is 4.60. The van der Waals surface area contributed by atoms with Crippen LogP contribution in [0.25, 0.3) is 0 Å². The summed E-state index contributed by atoms with van der Waals surface area (Å²) < 4.78 is 45.8. The molecule has 1 saturated heterocycles. The van der Waals surface area contributed by atoms with Crippen LogP contribution in [-0.2, 0) is 16.0 Å². The van der Waals surface area contributed by atoms with Crippen LogP contribution in [0.1, 0.15) is 24.8 Å². The highest BCUT2D eigenvalue weighted by Crippen LogP contribution is 2.33. The molecule has 0 aliphatic carbocycles. The zero-order valence-electron chi connectivity index (χ0n) is 16.3. The summed E-state index contributed by atoms with van der Waals surface area (Å²) in [4.78, 5) is 26.3. The van der Waals surface area contributed by atoms with E-state index < -0.39 is 6.36 Å². The molecule has 0 saturated carbocycles. The monoisotopic (exact) mass is 422 g/mol. The Morgan fingerprint density at radius 1 is 1.13 bits per heavy atom. The topological polar surface area (TPSA) is 67.9 Å². The van der Waals surface area contributed by atoms with E-state index in [1.807, 2.05) is 0 Å². The second kappa shape index (κ2) is 9.06. The van der Waals surface area contributed by atoms with E-state index in [-0.39, 0.29) is 24.0 Å². The molecule has 0 radical (unpaired) electrons. The average Bonchev–Trinajstić information content (AvgIpc) is 2.69. The van der Waals surface area contributed by atoms with E-state index in [4.69, 9.17) is 4.74 Å². The molecule has 1 heterocycles. The van der Waals surface area contributed by atoms with Crippen LogP contribution in [-0.4, -0.2) is 31.8 Å². The molecular formula is C21H21F3N2O4. The third-order valence-electron chi connectivity index (χ3n) is 4.60. The second-order valence-electron chi connectivity index (χ2n) is 6.81. The van der Waals surface area contributed by atoms with Crippen molar-refractivity contribution in [2.75, 3.05) is 23.9 Å². The van der Waals surface area contributed by atoms with Crippen molar-refractivity contribution in [3.63, 3.8) is 0 Å². The van der Waals surface area contributed by atoms with Gasteiger partial charge in [0.05, 0.1) is 19.2 Å². The Kier molecular flexibility index (Phi) is 6.49. The Morgan fingerprint density at radius 2 is 1.87 bits per heavy atom. The predicted molar refractivity (Wildman–Crippen MR) is 105 cm³/mol. The fraction of sp³-hybridized carbons (Fsp3) is 0.333. The number of anilines is 2. The maximum atomic E-state index is 12.4. The van der Waals surface area contributed by atoms with Gasteiger partial charge in [-0.3, -0.25) is 9.59 Å². The van der Waals surface area contributed by atoms with Gasteiger partial charge < -0.3 is 19.7 Å². The SMILES string of the molecule is COc1ccc(NC(=O)Cc2ccc(OC(F)(F)F)cc2)cc1N1CCCCC1=O. The van der Waals surface area contributed by atoms with Gasteiger partial charge in [0.1, 0.15) is 11.5 Å². The number of benzene rings is 2. The molecule has 1 fully saturated rings. The van der Waals surface area contributed by atoms with Crippen LogP contribution in [0.2, 0.25) is 0 Å². The first-order valence-electron chi connectivity index (χ1n) is 9.38. The van der Waals surface area contributed by atoms with Crippen molar-refractivity contribution in [3.8, 4) is 11.5 Å². The lowest BCUT2D eigenvalue weighted by Gasteiger charge is -2.28. The zero-order chi connectivity index (χ0) is 21.7. The molecule has 3 rings (SSSR count). The van der Waals surface area contributed by atoms with Crippen molar-refractivity contribution < 1.29 is 32.2 Å². The minimum atomic E-state index is -4.76. The number of piperidine rings is 1. The summed E-state index contributed by atoms with van der Waals surface area (Å²) in [7, 11) is 1.51. The van der Waals surface area contributed by atoms with E-state index >= 15 is 0 Å². The second-order valence-corrected chi connectivity index (χ2v) is 6.81. The molecule has 2 aromatic carbocycles. The fourth-order valence-corrected chi connectivity index (χ4v) is 3.24. The summed E-state index contributed by atoms with van der Waals surface area (Å²) in [5.41, 5.74) is 1.61. The average molecular weight is 422 g/mol. The maximum Gasteiger partial charge on any atom is 0.573 e. The lowest BCUT2D eigenvalue weighted by Crippen LogP contribution is -2.35. The molecule has 9 heteroatoms. The van der Waals surface area contributed by atoms with Crippen molar-refractivity contribution in [2.45, 2.75) is 32.0 Å². The summed E-state index contributed by atoms with van der Waals surface area (Å²) in [6.45, 7) is 0.582. The van der Waals surface area contributed by atoms with Crippen LogP contribution in [0.5, 0.6) is 11.5 Å². The van der Waals surface area contributed by atoms with E-state index in [0.29, 0.717) is 35.7 Å². The number of amides is 2. The normalized spacial score (nSPS) is 14.4. The van der Waals surface area contributed by atoms with Gasteiger partial charge in [0.15, 0.2) is 0 Å². The summed E-state index contributed by atoms with van der Waals surface area (Å²) >= 11 is 0. The molecule has 30 heavy (non-hydrogen) atoms. The van der Waals surface area contributed by atoms with Gasteiger partial charge in [-0.15, -0.1) is 13.2 Å². The molecule has 2 aromatic rings. The van der Waals surface area contributed by atoms with Crippen molar-refractivity contribution in [1.82, 2.24) is 0 Å². The van der Waals surface area contributed by atoms with Gasteiger partial charge in [-0.05, 0) is 48.7 Å². The summed E-state index contributed by atoms with van der Waals surface area (Å²) in [5.74, 6) is -0.161. The number of nitrogens with zero attached hydrogens (tertiary/aromatic N) is 1. The van der Waals surface area contributed by atoms with Gasteiger partial charge in [-0.25, -0.2) is 0 Å². The standard InChI is InChI=1S/C21H21F3N2O4/c1-29-18-10-7-15(13-17(18)26-11-3-2-4-20(26)28)25-19(27)12-14-5-8-16(9-6-14)30-21(22,23)24/h5-10,13H,2-4,11-12H2,1H3,(H,25,27). The van der Waals surface area contributed by atoms with Crippen LogP contribution < -0.4 is 19.7 Å². The van der Waals surface area contributed by atoms with Crippen LogP contribution in [0.15, 0.2) is 42.5 Å². The van der Waals surface area contributed by atoms with Gasteiger partial charge >= 0.3 is 6.36 Å². The van der Waals surface area contributed by atoms with Crippen LogP contribution >= 0.6 is 0 Å². The lowest BCUT2D eigenvalue weighted by molar-refractivity contribution is -0.274. The number of rotatable bonds is 6. The highest BCUT2D eigenvalue weighted by atomic mass is 19.4. The Morgan fingerprint density at radius 3 is 2.50 bits per heavy atom. The van der Waals surface area contributed by atoms with E-state index in [2.05, 4.69) is 10.1 Å². The van der Waals surface area contributed by atoms with Gasteiger partial charge in [0.2, 0.25) is 11.8 Å². The molecule has 6 nitrogen and oxygen atoms in total. The molecule has 1 aliphatic rings. The fourth-order valence-electron chi connectivity index (χ4n) is 3.24. The Labute approximate surface area is 171 Å². The first-order valence-corrected chi connectivity index (χ1v) is 9.38. The van der Waals surface area contributed by atoms with Crippen molar-refractivity contribution >= 4 is 23.2 Å². The minimum Gasteiger partial charge on any atom is -0.495 e. The number of halogens is 3. The van der Waals surface area contributed by atoms with Crippen LogP contribution in [0.3, 0.4) is 0 Å². The van der Waals surface area contributed by atoms with Crippen molar-refractivity contribution in [3.05, 3.63) is 48.0 Å². The van der Waals surface area contributed by atoms with Crippen molar-refractivity contribution in [2.24, 2.45) is 0 Å². The smallest absolute Gasteiger partial charge is 0.495 e. The molecule has 160 valence electrons. The Balaban J connectivity index is 1.67. The molecule has 1 aliphatic heterocycles. The molecule has 0 bridgehead atoms. The van der Waals surface area contributed by atoms with Gasteiger partial charge in [0, 0.05) is 18.7 Å². The number of methoxy groups -OCH3 is 1. The van der Waals surface area contributed by atoms with Crippen LogP contribution in [0.4, 0.5) is 24.5 Å². The third kappa shape index (κ3) is 5.65. The molecular weight excluding hydrogens is 401 g/mol. The molecule has 0 atom stereocenters. The Bertz CT molecular complexity index is 913. The maximum absolute atomic E-state index is 12.4. The van der Waals surface area contributed by atoms with Gasteiger partial charge in [0.25, 0.3) is 0 Å². The van der Waals surface area contributed by atoms with Gasteiger partial charge in [-0.2, -0.15) is 0 Å². The van der Waals surface area contributed by atoms with E-state index in [9.17, 15) is 22.8 Å². The Hall–Kier alpha value is -3.23.